The Bertz CT molecular complexity index is 381. The maximum absolute atomic E-state index is 11.7. The van der Waals surface area contributed by atoms with Crippen LogP contribution in [0, 0.1) is 13.8 Å². The number of ether oxygens (including phenoxy) is 1. The second kappa shape index (κ2) is 7.17. The zero-order valence-corrected chi connectivity index (χ0v) is 11.7. The van der Waals surface area contributed by atoms with E-state index in [9.17, 15) is 4.79 Å². The first-order valence-electron chi connectivity index (χ1n) is 6.55. The summed E-state index contributed by atoms with van der Waals surface area (Å²) in [7, 11) is 0. The van der Waals surface area contributed by atoms with Crippen LogP contribution in [0.2, 0.25) is 0 Å². The molecule has 3 heteroatoms. The van der Waals surface area contributed by atoms with Crippen molar-refractivity contribution in [2.75, 3.05) is 13.2 Å². The molecule has 0 saturated carbocycles. The second-order valence-electron chi connectivity index (χ2n) is 4.42. The number of rotatable bonds is 6. The summed E-state index contributed by atoms with van der Waals surface area (Å²) in [6, 6.07) is 6.24. The van der Waals surface area contributed by atoms with E-state index in [0.717, 1.165) is 6.54 Å². The summed E-state index contributed by atoms with van der Waals surface area (Å²) in [4.78, 5) is 11.7. The molecule has 0 aliphatic heterocycles. The summed E-state index contributed by atoms with van der Waals surface area (Å²) in [6.45, 7) is 9.31. The molecule has 1 aromatic rings. The molecule has 3 nitrogen and oxygen atoms in total. The highest BCUT2D eigenvalue weighted by molar-refractivity contribution is 5.70. The summed E-state index contributed by atoms with van der Waals surface area (Å²) >= 11 is 0. The number of hydrogen-bond donors (Lipinski definition) is 1. The van der Waals surface area contributed by atoms with Crippen LogP contribution in [0.1, 0.15) is 43.0 Å². The molecule has 0 radical (unpaired) electrons. The highest BCUT2D eigenvalue weighted by Gasteiger charge is 2.19. The average molecular weight is 249 g/mol. The Hall–Kier alpha value is -1.35. The van der Waals surface area contributed by atoms with Crippen molar-refractivity contribution in [3.05, 3.63) is 34.9 Å². The van der Waals surface area contributed by atoms with Crippen LogP contribution in [0.5, 0.6) is 0 Å². The number of esters is 1. The first kappa shape index (κ1) is 14.7. The van der Waals surface area contributed by atoms with E-state index in [4.69, 9.17) is 4.74 Å². The Balaban J connectivity index is 2.93. The minimum absolute atomic E-state index is 0.0373. The molecule has 0 bridgehead atoms. The van der Waals surface area contributed by atoms with E-state index < -0.39 is 0 Å². The minimum atomic E-state index is -0.147. The smallest absolute Gasteiger partial charge is 0.307 e. The van der Waals surface area contributed by atoms with Gasteiger partial charge in [0, 0.05) is 6.04 Å². The molecule has 1 atom stereocenters. The van der Waals surface area contributed by atoms with Crippen molar-refractivity contribution in [3.8, 4) is 0 Å². The quantitative estimate of drug-likeness (QED) is 0.788. The van der Waals surface area contributed by atoms with Gasteiger partial charge in [-0.3, -0.25) is 4.79 Å². The largest absolute Gasteiger partial charge is 0.466 e. The predicted octanol–water partition coefficient (Wildman–Crippen LogP) is 2.91. The molecule has 100 valence electrons. The van der Waals surface area contributed by atoms with Crippen molar-refractivity contribution >= 4 is 5.97 Å². The van der Waals surface area contributed by atoms with E-state index in [2.05, 4.69) is 31.3 Å². The molecule has 1 aromatic carbocycles. The Morgan fingerprint density at radius 2 is 1.89 bits per heavy atom. The van der Waals surface area contributed by atoms with Crippen LogP contribution in [0.3, 0.4) is 0 Å². The minimum Gasteiger partial charge on any atom is -0.466 e. The van der Waals surface area contributed by atoms with Crippen molar-refractivity contribution in [1.82, 2.24) is 5.32 Å². The van der Waals surface area contributed by atoms with Gasteiger partial charge < -0.3 is 10.1 Å². The van der Waals surface area contributed by atoms with E-state index in [0.29, 0.717) is 13.0 Å². The molecule has 1 unspecified atom stereocenters. The van der Waals surface area contributed by atoms with Crippen LogP contribution < -0.4 is 5.32 Å². The average Bonchev–Trinajstić information content (AvgIpc) is 2.29. The molecule has 0 aliphatic carbocycles. The van der Waals surface area contributed by atoms with E-state index in [-0.39, 0.29) is 12.0 Å². The van der Waals surface area contributed by atoms with Gasteiger partial charge in [-0.15, -0.1) is 0 Å². The molecule has 1 rings (SSSR count). The van der Waals surface area contributed by atoms with Crippen molar-refractivity contribution < 1.29 is 9.53 Å². The van der Waals surface area contributed by atoms with Gasteiger partial charge in [-0.2, -0.15) is 0 Å². The number of carbonyl (C=O) groups excluding carboxylic acids is 1. The highest BCUT2D eigenvalue weighted by Crippen LogP contribution is 2.24. The lowest BCUT2D eigenvalue weighted by atomic mass is 9.94. The standard InChI is InChI=1S/C15H23NO2/c1-5-16-13(10-14(17)18-6-2)15-11(3)8-7-9-12(15)4/h7-9,13,16H,5-6,10H2,1-4H3. The second-order valence-corrected chi connectivity index (χ2v) is 4.42. The molecule has 18 heavy (non-hydrogen) atoms. The number of carbonyl (C=O) groups is 1. The summed E-state index contributed by atoms with van der Waals surface area (Å²) < 4.78 is 5.04. The molecule has 0 fully saturated rings. The fraction of sp³-hybridized carbons (Fsp3) is 0.533. The normalized spacial score (nSPS) is 12.2. The fourth-order valence-corrected chi connectivity index (χ4v) is 2.29. The lowest BCUT2D eigenvalue weighted by molar-refractivity contribution is -0.143. The fourth-order valence-electron chi connectivity index (χ4n) is 2.29. The third kappa shape index (κ3) is 3.84. The van der Waals surface area contributed by atoms with Crippen molar-refractivity contribution in [2.45, 2.75) is 40.2 Å². The summed E-state index contributed by atoms with van der Waals surface area (Å²) in [6.07, 6.45) is 0.382. The SMILES string of the molecule is CCNC(CC(=O)OCC)c1c(C)cccc1C. The molecular formula is C15H23NO2. The summed E-state index contributed by atoms with van der Waals surface area (Å²) in [5, 5.41) is 3.37. The van der Waals surface area contributed by atoms with E-state index in [1.165, 1.54) is 16.7 Å². The van der Waals surface area contributed by atoms with Gasteiger partial charge in [0.15, 0.2) is 0 Å². The van der Waals surface area contributed by atoms with E-state index >= 15 is 0 Å². The van der Waals surface area contributed by atoms with Crippen LogP contribution in [0.15, 0.2) is 18.2 Å². The number of nitrogens with one attached hydrogen (secondary N) is 1. The Labute approximate surface area is 110 Å². The Morgan fingerprint density at radius 1 is 1.28 bits per heavy atom. The molecule has 0 amide bonds. The maximum Gasteiger partial charge on any atom is 0.307 e. The maximum atomic E-state index is 11.7. The predicted molar refractivity (Wildman–Crippen MR) is 73.6 cm³/mol. The molecular weight excluding hydrogens is 226 g/mol. The molecule has 0 spiro atoms. The zero-order chi connectivity index (χ0) is 13.5. The van der Waals surface area contributed by atoms with Crippen LogP contribution in [-0.4, -0.2) is 19.1 Å². The van der Waals surface area contributed by atoms with Crippen molar-refractivity contribution in [1.29, 1.82) is 0 Å². The number of aryl methyl sites for hydroxylation is 2. The molecule has 0 heterocycles. The first-order chi connectivity index (χ1) is 8.60. The van der Waals surface area contributed by atoms with Crippen LogP contribution >= 0.6 is 0 Å². The van der Waals surface area contributed by atoms with E-state index in [1.807, 2.05) is 19.9 Å². The monoisotopic (exact) mass is 249 g/mol. The van der Waals surface area contributed by atoms with Gasteiger partial charge in [0.05, 0.1) is 13.0 Å². The zero-order valence-electron chi connectivity index (χ0n) is 11.7. The van der Waals surface area contributed by atoms with Crippen molar-refractivity contribution in [3.63, 3.8) is 0 Å². The number of hydrogen-bond acceptors (Lipinski definition) is 3. The van der Waals surface area contributed by atoms with Crippen molar-refractivity contribution in [2.24, 2.45) is 0 Å². The van der Waals surface area contributed by atoms with Gasteiger partial charge in [0.25, 0.3) is 0 Å². The first-order valence-corrected chi connectivity index (χ1v) is 6.55. The van der Waals surface area contributed by atoms with Gasteiger partial charge in [-0.05, 0) is 44.0 Å². The number of benzene rings is 1. The lowest BCUT2D eigenvalue weighted by Gasteiger charge is -2.21. The van der Waals surface area contributed by atoms with Crippen LogP contribution in [0.4, 0.5) is 0 Å². The summed E-state index contributed by atoms with van der Waals surface area (Å²) in [5.74, 6) is -0.147. The lowest BCUT2D eigenvalue weighted by Crippen LogP contribution is -2.26. The highest BCUT2D eigenvalue weighted by atomic mass is 16.5. The van der Waals surface area contributed by atoms with Gasteiger partial charge in [-0.1, -0.05) is 25.1 Å². The Morgan fingerprint density at radius 3 is 2.39 bits per heavy atom. The molecule has 0 saturated heterocycles. The molecule has 0 aliphatic rings. The van der Waals surface area contributed by atoms with E-state index in [1.54, 1.807) is 0 Å². The Kier molecular flexibility index (Phi) is 5.86. The van der Waals surface area contributed by atoms with Crippen LogP contribution in [0.25, 0.3) is 0 Å². The summed E-state index contributed by atoms with van der Waals surface area (Å²) in [5.41, 5.74) is 3.64. The van der Waals surface area contributed by atoms with Crippen LogP contribution in [-0.2, 0) is 9.53 Å². The third-order valence-corrected chi connectivity index (χ3v) is 3.02. The topological polar surface area (TPSA) is 38.3 Å². The van der Waals surface area contributed by atoms with Gasteiger partial charge >= 0.3 is 5.97 Å². The third-order valence-electron chi connectivity index (χ3n) is 3.02. The van der Waals surface area contributed by atoms with Gasteiger partial charge in [0.1, 0.15) is 0 Å². The van der Waals surface area contributed by atoms with Gasteiger partial charge in [0.2, 0.25) is 0 Å². The molecule has 1 N–H and O–H groups in total. The molecule has 0 aromatic heterocycles. The van der Waals surface area contributed by atoms with Gasteiger partial charge in [-0.25, -0.2) is 0 Å².